The van der Waals surface area contributed by atoms with Crippen LogP contribution in [-0.2, 0) is 12.2 Å². The minimum absolute atomic E-state index is 0.664. The third kappa shape index (κ3) is 4.94. The molecular formula is C23H25N5O2S2. The molecule has 0 amide bonds. The molecule has 0 N–H and O–H groups in total. The lowest BCUT2D eigenvalue weighted by Crippen LogP contribution is -1.99. The minimum atomic E-state index is 0.664. The highest BCUT2D eigenvalue weighted by Crippen LogP contribution is 2.39. The number of benzene rings is 2. The Kier molecular flexibility index (Phi) is 7.39. The molecule has 0 bridgehead atoms. The number of hydrogen-bond donors (Lipinski definition) is 0. The van der Waals surface area contributed by atoms with Gasteiger partial charge in [0.2, 0.25) is 5.16 Å². The van der Waals surface area contributed by atoms with E-state index in [0.717, 1.165) is 33.5 Å². The number of nitrogens with zero attached hydrogens (tertiary/aromatic N) is 5. The van der Waals surface area contributed by atoms with Gasteiger partial charge in [0.05, 0.1) is 31.2 Å². The van der Waals surface area contributed by atoms with Crippen molar-refractivity contribution in [1.29, 1.82) is 0 Å². The van der Waals surface area contributed by atoms with Gasteiger partial charge >= 0.3 is 0 Å². The number of thiazole rings is 1. The highest BCUT2D eigenvalue weighted by molar-refractivity contribution is 7.98. The first kappa shape index (κ1) is 22.3. The van der Waals surface area contributed by atoms with E-state index in [0.29, 0.717) is 17.3 Å². The van der Waals surface area contributed by atoms with Crippen LogP contribution in [0.5, 0.6) is 11.5 Å². The number of tetrazole rings is 1. The first-order valence-corrected chi connectivity index (χ1v) is 12.3. The predicted octanol–water partition coefficient (Wildman–Crippen LogP) is 5.44. The number of thioether (sulfide) groups is 1. The number of unbranched alkanes of at least 4 members (excludes halogenated alkanes) is 1. The van der Waals surface area contributed by atoms with Gasteiger partial charge in [0.15, 0.2) is 11.5 Å². The van der Waals surface area contributed by atoms with E-state index in [2.05, 4.69) is 52.1 Å². The van der Waals surface area contributed by atoms with Crippen LogP contribution in [0.3, 0.4) is 0 Å². The topological polar surface area (TPSA) is 75.0 Å². The second-order valence-electron chi connectivity index (χ2n) is 7.12. The average Bonchev–Trinajstić information content (AvgIpc) is 3.50. The van der Waals surface area contributed by atoms with Crippen molar-refractivity contribution in [2.45, 2.75) is 37.1 Å². The molecule has 2 aromatic heterocycles. The predicted molar refractivity (Wildman–Crippen MR) is 128 cm³/mol. The van der Waals surface area contributed by atoms with Gasteiger partial charge in [0.25, 0.3) is 0 Å². The Hall–Kier alpha value is -2.91. The Labute approximate surface area is 195 Å². The van der Waals surface area contributed by atoms with Crippen molar-refractivity contribution >= 4 is 23.1 Å². The summed E-state index contributed by atoms with van der Waals surface area (Å²) in [6.45, 7) is 2.21. The Morgan fingerprint density at radius 3 is 2.66 bits per heavy atom. The van der Waals surface area contributed by atoms with Gasteiger partial charge in [-0.2, -0.15) is 4.68 Å². The molecule has 2 heterocycles. The van der Waals surface area contributed by atoms with Gasteiger partial charge < -0.3 is 9.47 Å². The molecule has 0 aliphatic heterocycles. The summed E-state index contributed by atoms with van der Waals surface area (Å²) in [6, 6.07) is 14.2. The SMILES string of the molecule is CCCCc1ccc(-n2nnnc2SCc2csc(-c3cccc(OC)c3OC)n2)cc1. The van der Waals surface area contributed by atoms with Crippen LogP contribution in [0.15, 0.2) is 53.0 Å². The Bertz CT molecular complexity index is 1160. The summed E-state index contributed by atoms with van der Waals surface area (Å²) in [4.78, 5) is 4.79. The van der Waals surface area contributed by atoms with Crippen LogP contribution in [0.25, 0.3) is 16.3 Å². The van der Waals surface area contributed by atoms with Crippen molar-refractivity contribution in [2.24, 2.45) is 0 Å². The molecule has 0 aliphatic rings. The van der Waals surface area contributed by atoms with E-state index in [9.17, 15) is 0 Å². The third-order valence-electron chi connectivity index (χ3n) is 4.98. The van der Waals surface area contributed by atoms with Crippen molar-refractivity contribution < 1.29 is 9.47 Å². The van der Waals surface area contributed by atoms with Gasteiger partial charge in [0, 0.05) is 11.1 Å². The largest absolute Gasteiger partial charge is 0.493 e. The second kappa shape index (κ2) is 10.6. The summed E-state index contributed by atoms with van der Waals surface area (Å²) < 4.78 is 12.7. The first-order chi connectivity index (χ1) is 15.7. The quantitative estimate of drug-likeness (QED) is 0.288. The first-order valence-electron chi connectivity index (χ1n) is 10.4. The summed E-state index contributed by atoms with van der Waals surface area (Å²) in [7, 11) is 3.27. The van der Waals surface area contributed by atoms with E-state index < -0.39 is 0 Å². The Morgan fingerprint density at radius 1 is 1.06 bits per heavy atom. The maximum absolute atomic E-state index is 5.55. The molecule has 32 heavy (non-hydrogen) atoms. The maximum Gasteiger partial charge on any atom is 0.214 e. The van der Waals surface area contributed by atoms with E-state index in [1.807, 2.05) is 18.2 Å². The highest BCUT2D eigenvalue weighted by Gasteiger charge is 2.16. The smallest absolute Gasteiger partial charge is 0.214 e. The van der Waals surface area contributed by atoms with Gasteiger partial charge in [-0.25, -0.2) is 4.98 Å². The van der Waals surface area contributed by atoms with Crippen molar-refractivity contribution in [3.05, 3.63) is 59.1 Å². The molecule has 2 aromatic carbocycles. The van der Waals surface area contributed by atoms with E-state index in [4.69, 9.17) is 14.5 Å². The fraction of sp³-hybridized carbons (Fsp3) is 0.304. The molecule has 0 saturated heterocycles. The summed E-state index contributed by atoms with van der Waals surface area (Å²) in [5, 5.41) is 15.9. The van der Waals surface area contributed by atoms with Crippen molar-refractivity contribution in [1.82, 2.24) is 25.2 Å². The van der Waals surface area contributed by atoms with Crippen molar-refractivity contribution in [3.63, 3.8) is 0 Å². The van der Waals surface area contributed by atoms with Crippen molar-refractivity contribution in [3.8, 4) is 27.8 Å². The van der Waals surface area contributed by atoms with Crippen LogP contribution in [0.2, 0.25) is 0 Å². The lowest BCUT2D eigenvalue weighted by Gasteiger charge is -2.10. The molecule has 0 atom stereocenters. The molecule has 166 valence electrons. The van der Waals surface area contributed by atoms with Gasteiger partial charge in [-0.15, -0.1) is 16.4 Å². The zero-order valence-electron chi connectivity index (χ0n) is 18.3. The summed E-state index contributed by atoms with van der Waals surface area (Å²) in [5.41, 5.74) is 4.17. The third-order valence-corrected chi connectivity index (χ3v) is 6.85. The zero-order valence-corrected chi connectivity index (χ0v) is 19.9. The summed E-state index contributed by atoms with van der Waals surface area (Å²) >= 11 is 3.14. The molecule has 0 aliphatic carbocycles. The average molecular weight is 468 g/mol. The second-order valence-corrected chi connectivity index (χ2v) is 8.92. The number of ether oxygens (including phenoxy) is 2. The van der Waals surface area contributed by atoms with Crippen LogP contribution in [0.1, 0.15) is 31.0 Å². The lowest BCUT2D eigenvalue weighted by atomic mass is 10.1. The van der Waals surface area contributed by atoms with Gasteiger partial charge in [-0.05, 0) is 53.1 Å². The molecular weight excluding hydrogens is 442 g/mol. The van der Waals surface area contributed by atoms with Gasteiger partial charge in [-0.3, -0.25) is 0 Å². The molecule has 0 unspecified atom stereocenters. The van der Waals surface area contributed by atoms with Crippen LogP contribution >= 0.6 is 23.1 Å². The zero-order chi connectivity index (χ0) is 22.3. The Balaban J connectivity index is 1.46. The lowest BCUT2D eigenvalue weighted by molar-refractivity contribution is 0.356. The molecule has 4 rings (SSSR count). The molecule has 0 fully saturated rings. The molecule has 4 aromatic rings. The van der Waals surface area contributed by atoms with Gasteiger partial charge in [0.1, 0.15) is 5.01 Å². The number of rotatable bonds is 10. The van der Waals surface area contributed by atoms with Crippen LogP contribution in [0, 0.1) is 0 Å². The van der Waals surface area contributed by atoms with E-state index in [-0.39, 0.29) is 0 Å². The van der Waals surface area contributed by atoms with Crippen molar-refractivity contribution in [2.75, 3.05) is 14.2 Å². The van der Waals surface area contributed by atoms with Crippen LogP contribution < -0.4 is 9.47 Å². The number of methoxy groups -OCH3 is 2. The molecule has 0 spiro atoms. The Morgan fingerprint density at radius 2 is 1.91 bits per heavy atom. The monoisotopic (exact) mass is 467 g/mol. The number of hydrogen-bond acceptors (Lipinski definition) is 8. The van der Waals surface area contributed by atoms with Crippen LogP contribution in [0.4, 0.5) is 0 Å². The molecule has 0 radical (unpaired) electrons. The minimum Gasteiger partial charge on any atom is -0.493 e. The highest BCUT2D eigenvalue weighted by atomic mass is 32.2. The van der Waals surface area contributed by atoms with E-state index >= 15 is 0 Å². The van der Waals surface area contributed by atoms with E-state index in [1.165, 1.54) is 18.4 Å². The molecule has 0 saturated carbocycles. The molecule has 7 nitrogen and oxygen atoms in total. The molecule has 9 heteroatoms. The van der Waals surface area contributed by atoms with Gasteiger partial charge in [-0.1, -0.05) is 43.3 Å². The summed E-state index contributed by atoms with van der Waals surface area (Å²) in [6.07, 6.45) is 3.49. The number of aromatic nitrogens is 5. The number of aryl methyl sites for hydroxylation is 1. The number of para-hydroxylation sites is 1. The standard InChI is InChI=1S/C23H25N5O2S2/c1-4-5-7-16-10-12-18(13-11-16)28-23(25-26-27-28)32-15-17-14-31-22(24-17)19-8-6-9-20(29-2)21(19)30-3/h6,8-14H,4-5,7,15H2,1-3H3. The van der Waals surface area contributed by atoms with E-state index in [1.54, 1.807) is 42.0 Å². The summed E-state index contributed by atoms with van der Waals surface area (Å²) in [5.74, 6) is 2.04. The fourth-order valence-corrected chi connectivity index (χ4v) is 5.04. The fourth-order valence-electron chi connectivity index (χ4n) is 3.31. The maximum atomic E-state index is 5.55. The van der Waals surface area contributed by atoms with Crippen LogP contribution in [-0.4, -0.2) is 39.4 Å². The normalized spacial score (nSPS) is 11.0.